The van der Waals surface area contributed by atoms with Crippen LogP contribution in [0.4, 0.5) is 5.69 Å². The molecule has 1 unspecified atom stereocenters. The van der Waals surface area contributed by atoms with Gasteiger partial charge in [-0.25, -0.2) is 0 Å². The Balaban J connectivity index is 2.92. The van der Waals surface area contributed by atoms with Gasteiger partial charge in [0.25, 0.3) is 0 Å². The van der Waals surface area contributed by atoms with Gasteiger partial charge in [-0.1, -0.05) is 17.7 Å². The summed E-state index contributed by atoms with van der Waals surface area (Å²) in [7, 11) is 1.93. The molecule has 0 spiro atoms. The molecule has 1 aromatic rings. The number of halogens is 2. The molecule has 2 nitrogen and oxygen atoms in total. The van der Waals surface area contributed by atoms with Crippen LogP contribution in [0.1, 0.15) is 18.9 Å². The number of alkyl halides is 1. The fourth-order valence-corrected chi connectivity index (χ4v) is 1.93. The van der Waals surface area contributed by atoms with Crippen molar-refractivity contribution >= 4 is 28.9 Å². The lowest BCUT2D eigenvalue weighted by Crippen LogP contribution is -2.28. The Bertz CT molecular complexity index is 398. The van der Waals surface area contributed by atoms with E-state index in [2.05, 4.69) is 6.07 Å². The molecule has 1 rings (SSSR count). The van der Waals surface area contributed by atoms with E-state index in [0.717, 1.165) is 11.3 Å². The van der Waals surface area contributed by atoms with Crippen molar-refractivity contribution in [3.63, 3.8) is 0 Å². The number of hydrogen-bond donors (Lipinski definition) is 0. The number of nitriles is 1. The van der Waals surface area contributed by atoms with Gasteiger partial charge in [0.05, 0.1) is 23.2 Å². The maximum atomic E-state index is 8.66. The van der Waals surface area contributed by atoms with Crippen molar-refractivity contribution in [2.24, 2.45) is 0 Å². The van der Waals surface area contributed by atoms with Gasteiger partial charge in [-0.05, 0) is 24.6 Å². The van der Waals surface area contributed by atoms with Crippen LogP contribution in [-0.2, 0) is 5.88 Å². The molecule has 0 heterocycles. The van der Waals surface area contributed by atoms with Crippen molar-refractivity contribution in [1.29, 1.82) is 5.26 Å². The Kier molecular flexibility index (Phi) is 4.92. The van der Waals surface area contributed by atoms with Crippen LogP contribution in [0.5, 0.6) is 0 Å². The van der Waals surface area contributed by atoms with E-state index in [-0.39, 0.29) is 6.04 Å². The third-order valence-corrected chi connectivity index (χ3v) is 3.21. The van der Waals surface area contributed by atoms with Crippen molar-refractivity contribution < 1.29 is 0 Å². The zero-order valence-corrected chi connectivity index (χ0v) is 10.9. The highest BCUT2D eigenvalue weighted by atomic mass is 35.5. The van der Waals surface area contributed by atoms with Gasteiger partial charge >= 0.3 is 0 Å². The molecule has 0 bridgehead atoms. The maximum absolute atomic E-state index is 8.66. The van der Waals surface area contributed by atoms with Gasteiger partial charge in [0.15, 0.2) is 0 Å². The molecule has 1 aromatic carbocycles. The smallest absolute Gasteiger partial charge is 0.0643 e. The Hall–Kier alpha value is -0.910. The zero-order valence-electron chi connectivity index (χ0n) is 9.37. The SMILES string of the molecule is CC(CC#N)N(C)c1ccc(CCl)cc1Cl. The summed E-state index contributed by atoms with van der Waals surface area (Å²) in [6.07, 6.45) is 0.476. The van der Waals surface area contributed by atoms with Crippen LogP contribution >= 0.6 is 23.2 Å². The molecule has 16 heavy (non-hydrogen) atoms. The molecule has 0 aromatic heterocycles. The average molecular weight is 257 g/mol. The van der Waals surface area contributed by atoms with Crippen LogP contribution < -0.4 is 4.90 Å². The van der Waals surface area contributed by atoms with Crippen LogP contribution in [0, 0.1) is 11.3 Å². The van der Waals surface area contributed by atoms with E-state index >= 15 is 0 Å². The fraction of sp³-hybridized carbons (Fsp3) is 0.417. The van der Waals surface area contributed by atoms with E-state index in [1.54, 1.807) is 0 Å². The lowest BCUT2D eigenvalue weighted by molar-refractivity contribution is 0.702. The van der Waals surface area contributed by atoms with Crippen molar-refractivity contribution in [1.82, 2.24) is 0 Å². The quantitative estimate of drug-likeness (QED) is 0.767. The van der Waals surface area contributed by atoms with Gasteiger partial charge in [-0.15, -0.1) is 11.6 Å². The predicted molar refractivity (Wildman–Crippen MR) is 69.1 cm³/mol. The predicted octanol–water partition coefficient (Wildman–Crippen LogP) is 3.82. The number of hydrogen-bond acceptors (Lipinski definition) is 2. The van der Waals surface area contributed by atoms with Gasteiger partial charge in [0, 0.05) is 19.0 Å². The summed E-state index contributed by atoms with van der Waals surface area (Å²) < 4.78 is 0. The molecule has 0 aliphatic heterocycles. The van der Waals surface area contributed by atoms with E-state index in [1.165, 1.54) is 0 Å². The normalized spacial score (nSPS) is 11.9. The second kappa shape index (κ2) is 5.98. The summed E-state index contributed by atoms with van der Waals surface area (Å²) in [5, 5.41) is 9.33. The standard InChI is InChI=1S/C12H14Cl2N2/c1-9(5-6-15)16(2)12-4-3-10(8-13)7-11(12)14/h3-4,7,9H,5,8H2,1-2H3. The highest BCUT2D eigenvalue weighted by Crippen LogP contribution is 2.28. The van der Waals surface area contributed by atoms with Crippen LogP contribution in [-0.4, -0.2) is 13.1 Å². The van der Waals surface area contributed by atoms with Gasteiger partial charge in [0.1, 0.15) is 0 Å². The average Bonchev–Trinajstić information content (AvgIpc) is 2.28. The lowest BCUT2D eigenvalue weighted by Gasteiger charge is -2.26. The second-order valence-electron chi connectivity index (χ2n) is 3.74. The first kappa shape index (κ1) is 13.2. The number of rotatable bonds is 4. The summed E-state index contributed by atoms with van der Waals surface area (Å²) >= 11 is 11.9. The molecule has 0 aliphatic carbocycles. The molecule has 0 amide bonds. The monoisotopic (exact) mass is 256 g/mol. The van der Waals surface area contributed by atoms with Crippen LogP contribution in [0.3, 0.4) is 0 Å². The minimum absolute atomic E-state index is 0.143. The van der Waals surface area contributed by atoms with E-state index in [0.29, 0.717) is 17.3 Å². The van der Waals surface area contributed by atoms with Gasteiger partial charge < -0.3 is 4.90 Å². The highest BCUT2D eigenvalue weighted by molar-refractivity contribution is 6.33. The molecule has 1 atom stereocenters. The van der Waals surface area contributed by atoms with Crippen molar-refractivity contribution in [2.45, 2.75) is 25.3 Å². The molecule has 0 fully saturated rings. The first-order valence-electron chi connectivity index (χ1n) is 5.04. The number of nitrogens with zero attached hydrogens (tertiary/aromatic N) is 2. The van der Waals surface area contributed by atoms with Gasteiger partial charge in [-0.3, -0.25) is 0 Å². The number of benzene rings is 1. The Morgan fingerprint density at radius 3 is 2.69 bits per heavy atom. The van der Waals surface area contributed by atoms with E-state index in [4.69, 9.17) is 28.5 Å². The molecule has 86 valence electrons. The van der Waals surface area contributed by atoms with Crippen LogP contribution in [0.15, 0.2) is 18.2 Å². The molecule has 0 saturated heterocycles. The van der Waals surface area contributed by atoms with Crippen molar-refractivity contribution in [3.8, 4) is 6.07 Å². The fourth-order valence-electron chi connectivity index (χ4n) is 1.43. The third-order valence-electron chi connectivity index (χ3n) is 2.59. The largest absolute Gasteiger partial charge is 0.370 e. The molecule has 0 radical (unpaired) electrons. The van der Waals surface area contributed by atoms with Crippen LogP contribution in [0.25, 0.3) is 0 Å². The van der Waals surface area contributed by atoms with Gasteiger partial charge in [0.2, 0.25) is 0 Å². The molecular formula is C12H14Cl2N2. The van der Waals surface area contributed by atoms with E-state index in [9.17, 15) is 0 Å². The first-order valence-corrected chi connectivity index (χ1v) is 5.95. The Labute approximate surface area is 106 Å². The van der Waals surface area contributed by atoms with E-state index in [1.807, 2.05) is 37.1 Å². The minimum Gasteiger partial charge on any atom is -0.370 e. The van der Waals surface area contributed by atoms with Gasteiger partial charge in [-0.2, -0.15) is 5.26 Å². The van der Waals surface area contributed by atoms with E-state index < -0.39 is 0 Å². The molecular weight excluding hydrogens is 243 g/mol. The minimum atomic E-state index is 0.143. The topological polar surface area (TPSA) is 27.0 Å². The molecule has 0 aliphatic rings. The van der Waals surface area contributed by atoms with Crippen LogP contribution in [0.2, 0.25) is 5.02 Å². The lowest BCUT2D eigenvalue weighted by atomic mass is 10.1. The first-order chi connectivity index (χ1) is 7.60. The summed E-state index contributed by atoms with van der Waals surface area (Å²) in [5.74, 6) is 0.456. The summed E-state index contributed by atoms with van der Waals surface area (Å²) in [4.78, 5) is 2.00. The maximum Gasteiger partial charge on any atom is 0.0643 e. The summed E-state index contributed by atoms with van der Waals surface area (Å²) in [5.41, 5.74) is 1.93. The Morgan fingerprint density at radius 2 is 2.19 bits per heavy atom. The van der Waals surface area contributed by atoms with Crippen molar-refractivity contribution in [2.75, 3.05) is 11.9 Å². The molecule has 4 heteroatoms. The van der Waals surface area contributed by atoms with Crippen molar-refractivity contribution in [3.05, 3.63) is 28.8 Å². The summed E-state index contributed by atoms with van der Waals surface area (Å²) in [6.45, 7) is 2.00. The zero-order chi connectivity index (χ0) is 12.1. The third kappa shape index (κ3) is 3.04. The molecule has 0 saturated carbocycles. The second-order valence-corrected chi connectivity index (χ2v) is 4.42. The molecule has 0 N–H and O–H groups in total. The summed E-state index contributed by atoms with van der Waals surface area (Å²) in [6, 6.07) is 8.04. The Morgan fingerprint density at radius 1 is 1.50 bits per heavy atom. The highest BCUT2D eigenvalue weighted by Gasteiger charge is 2.12. The number of anilines is 1.